The number of unbranched alkanes of at least 4 members (excludes halogenated alkanes) is 4. The van der Waals surface area contributed by atoms with Crippen molar-refractivity contribution in [3.8, 4) is 11.1 Å². The molecule has 52 heavy (non-hydrogen) atoms. The Morgan fingerprint density at radius 1 is 0.346 bits per heavy atom. The van der Waals surface area contributed by atoms with Gasteiger partial charge in [0.15, 0.2) is 0 Å². The summed E-state index contributed by atoms with van der Waals surface area (Å²) in [4.78, 5) is 0. The Hall–Kier alpha value is -4.16. The van der Waals surface area contributed by atoms with Crippen molar-refractivity contribution in [3.05, 3.63) is 152 Å². The molecule has 0 unspecified atom stereocenters. The first-order valence-electron chi connectivity index (χ1n) is 21.0. The maximum Gasteiger partial charge on any atom is -0.00170 e. The molecule has 0 amide bonds. The fourth-order valence-electron chi connectivity index (χ4n) is 9.83. The molecule has 0 saturated carbocycles. The quantitative estimate of drug-likeness (QED) is 0.114. The van der Waals surface area contributed by atoms with E-state index in [4.69, 9.17) is 0 Å². The summed E-state index contributed by atoms with van der Waals surface area (Å²) in [5.41, 5.74) is 22.0. The second-order valence-corrected chi connectivity index (χ2v) is 16.0. The van der Waals surface area contributed by atoms with Gasteiger partial charge in [0.25, 0.3) is 0 Å². The molecule has 0 aliphatic heterocycles. The summed E-state index contributed by atoms with van der Waals surface area (Å²) in [6.07, 6.45) is 18.9. The van der Waals surface area contributed by atoms with Crippen molar-refractivity contribution < 1.29 is 0 Å². The van der Waals surface area contributed by atoms with Crippen LogP contribution >= 0.6 is 0 Å². The van der Waals surface area contributed by atoms with Crippen LogP contribution in [0.25, 0.3) is 32.7 Å². The number of benzene rings is 6. The minimum absolute atomic E-state index is 1.08. The molecule has 0 aromatic heterocycles. The Morgan fingerprint density at radius 3 is 0.923 bits per heavy atom. The largest absolute Gasteiger partial charge is 0.0654 e. The summed E-state index contributed by atoms with van der Waals surface area (Å²) in [5.74, 6) is 0. The highest BCUT2D eigenvalue weighted by Crippen LogP contribution is 2.43. The minimum atomic E-state index is 1.08. The van der Waals surface area contributed by atoms with Crippen molar-refractivity contribution in [2.75, 3.05) is 0 Å². The molecule has 0 radical (unpaired) electrons. The molecule has 0 nitrogen and oxygen atoms in total. The molecule has 0 atom stereocenters. The van der Waals surface area contributed by atoms with Gasteiger partial charge in [0, 0.05) is 0 Å². The lowest BCUT2D eigenvalue weighted by Gasteiger charge is -2.28. The lowest BCUT2D eigenvalue weighted by molar-refractivity contribution is 0.774. The van der Waals surface area contributed by atoms with E-state index in [1.807, 2.05) is 0 Å². The summed E-state index contributed by atoms with van der Waals surface area (Å²) >= 11 is 0. The van der Waals surface area contributed by atoms with Crippen LogP contribution in [0.2, 0.25) is 0 Å². The van der Waals surface area contributed by atoms with E-state index >= 15 is 0 Å². The maximum atomic E-state index is 2.61. The van der Waals surface area contributed by atoms with Crippen LogP contribution in [0.4, 0.5) is 0 Å². The normalized spacial score (nSPS) is 13.2. The van der Waals surface area contributed by atoms with E-state index in [2.05, 4.69) is 113 Å². The van der Waals surface area contributed by atoms with E-state index in [-0.39, 0.29) is 0 Å². The fourth-order valence-corrected chi connectivity index (χ4v) is 9.83. The molecule has 266 valence electrons. The van der Waals surface area contributed by atoms with Gasteiger partial charge >= 0.3 is 0 Å². The maximum absolute atomic E-state index is 2.61. The van der Waals surface area contributed by atoms with Crippen molar-refractivity contribution >= 4 is 21.5 Å². The first kappa shape index (κ1) is 34.9. The average Bonchev–Trinajstić information content (AvgIpc) is 3.18. The zero-order valence-electron chi connectivity index (χ0n) is 32.4. The van der Waals surface area contributed by atoms with Crippen LogP contribution in [0, 0.1) is 0 Å². The Bertz CT molecular complexity index is 2080. The van der Waals surface area contributed by atoms with Crippen LogP contribution in [-0.2, 0) is 51.4 Å². The average molecular weight is 683 g/mol. The van der Waals surface area contributed by atoms with E-state index in [0.29, 0.717) is 0 Å². The zero-order chi connectivity index (χ0) is 35.6. The third-order valence-electron chi connectivity index (χ3n) is 12.7. The Morgan fingerprint density at radius 2 is 0.635 bits per heavy atom. The molecule has 2 aliphatic rings. The predicted molar refractivity (Wildman–Crippen MR) is 225 cm³/mol. The molecular formula is C52H58. The molecule has 0 heterocycles. The summed E-state index contributed by atoms with van der Waals surface area (Å²) in [7, 11) is 0. The molecule has 0 heteroatoms. The summed E-state index contributed by atoms with van der Waals surface area (Å²) < 4.78 is 0. The topological polar surface area (TPSA) is 0 Å². The van der Waals surface area contributed by atoms with Crippen LogP contribution < -0.4 is 0 Å². The molecule has 0 saturated heterocycles. The van der Waals surface area contributed by atoms with Gasteiger partial charge in [-0.2, -0.15) is 0 Å². The molecule has 6 aromatic rings. The SMILES string of the molecule is CCCCc1c2c(c(CCCC)c3cc(-c4ccc5c(CCCC)c6c(c(CCCC)c5c4)Cc4ccccc4C6)ccc13)Cc1ccccc1C2. The predicted octanol–water partition coefficient (Wildman–Crippen LogP) is 14.0. The third kappa shape index (κ3) is 6.42. The van der Waals surface area contributed by atoms with Gasteiger partial charge in [0.05, 0.1) is 0 Å². The van der Waals surface area contributed by atoms with Crippen LogP contribution in [0.1, 0.15) is 146 Å². The molecule has 8 rings (SSSR count). The summed E-state index contributed by atoms with van der Waals surface area (Å²) in [6, 6.07) is 33.6. The highest BCUT2D eigenvalue weighted by Gasteiger charge is 2.26. The minimum Gasteiger partial charge on any atom is -0.0654 e. The van der Waals surface area contributed by atoms with Gasteiger partial charge in [0.2, 0.25) is 0 Å². The number of fused-ring (bicyclic) bond motifs is 6. The lowest BCUT2D eigenvalue weighted by atomic mass is 9.76. The first-order valence-corrected chi connectivity index (χ1v) is 21.0. The number of hydrogen-bond acceptors (Lipinski definition) is 0. The second-order valence-electron chi connectivity index (χ2n) is 16.0. The monoisotopic (exact) mass is 682 g/mol. The molecule has 6 aromatic carbocycles. The van der Waals surface area contributed by atoms with Crippen molar-refractivity contribution in [2.24, 2.45) is 0 Å². The highest BCUT2D eigenvalue weighted by atomic mass is 14.3. The van der Waals surface area contributed by atoms with Gasteiger partial charge in [-0.3, -0.25) is 0 Å². The van der Waals surface area contributed by atoms with E-state index in [1.54, 1.807) is 44.5 Å². The molecule has 2 aliphatic carbocycles. The summed E-state index contributed by atoms with van der Waals surface area (Å²) in [6.45, 7) is 9.38. The Balaban J connectivity index is 1.32. The number of hydrogen-bond donors (Lipinski definition) is 0. The van der Waals surface area contributed by atoms with Gasteiger partial charge in [-0.05, 0) is 189 Å². The van der Waals surface area contributed by atoms with Crippen molar-refractivity contribution in [1.29, 1.82) is 0 Å². The van der Waals surface area contributed by atoms with Gasteiger partial charge in [-0.25, -0.2) is 0 Å². The fraction of sp³-hybridized carbons (Fsp3) is 0.385. The number of rotatable bonds is 13. The Kier molecular flexibility index (Phi) is 10.4. The van der Waals surface area contributed by atoms with E-state index in [1.165, 1.54) is 132 Å². The van der Waals surface area contributed by atoms with E-state index < -0.39 is 0 Å². The smallest absolute Gasteiger partial charge is 0.00170 e. The van der Waals surface area contributed by atoms with Crippen LogP contribution in [0.15, 0.2) is 84.9 Å². The molecule has 0 fully saturated rings. The highest BCUT2D eigenvalue weighted by molar-refractivity contribution is 5.98. The van der Waals surface area contributed by atoms with Crippen LogP contribution in [0.3, 0.4) is 0 Å². The molecule has 0 N–H and O–H groups in total. The first-order chi connectivity index (χ1) is 25.6. The van der Waals surface area contributed by atoms with Gasteiger partial charge < -0.3 is 0 Å². The lowest BCUT2D eigenvalue weighted by Crippen LogP contribution is -2.14. The molecular weight excluding hydrogens is 625 g/mol. The van der Waals surface area contributed by atoms with E-state index in [9.17, 15) is 0 Å². The van der Waals surface area contributed by atoms with Crippen molar-refractivity contribution in [2.45, 2.75) is 130 Å². The molecule has 0 spiro atoms. The van der Waals surface area contributed by atoms with Gasteiger partial charge in [-0.1, -0.05) is 126 Å². The molecule has 0 bridgehead atoms. The van der Waals surface area contributed by atoms with Crippen LogP contribution in [0.5, 0.6) is 0 Å². The summed E-state index contributed by atoms with van der Waals surface area (Å²) in [5, 5.41) is 6.07. The Labute approximate surface area is 313 Å². The van der Waals surface area contributed by atoms with Crippen LogP contribution in [-0.4, -0.2) is 0 Å². The standard InChI is InChI=1S/C52H58/c1-5-9-21-41-45-27-25-39(33-47(45)43(23-11-7-3)51-31-37-19-15-13-17-35(37)29-49(41)51)40-26-28-46-42(22-10-6-2)50-30-36-18-14-16-20-38(36)32-52(50)44(24-12-8-4)48(46)34-40/h13-20,25-28,33-34H,5-12,21-24,29-32H2,1-4H3. The zero-order valence-corrected chi connectivity index (χ0v) is 32.4. The van der Waals surface area contributed by atoms with E-state index in [0.717, 1.165) is 25.7 Å². The van der Waals surface area contributed by atoms with Gasteiger partial charge in [-0.15, -0.1) is 0 Å². The van der Waals surface area contributed by atoms with Crippen molar-refractivity contribution in [3.63, 3.8) is 0 Å². The second kappa shape index (κ2) is 15.4. The van der Waals surface area contributed by atoms with Crippen molar-refractivity contribution in [1.82, 2.24) is 0 Å². The third-order valence-corrected chi connectivity index (χ3v) is 12.7. The van der Waals surface area contributed by atoms with Gasteiger partial charge in [0.1, 0.15) is 0 Å². The number of aryl methyl sites for hydroxylation is 4.